The largest absolute Gasteiger partial charge is 0.472 e. The number of phosphoric ester groups is 2. The topological polar surface area (TPSA) is 237 Å². The van der Waals surface area contributed by atoms with E-state index in [2.05, 4.69) is 48.5 Å². The van der Waals surface area contributed by atoms with Gasteiger partial charge in [0, 0.05) is 25.7 Å². The van der Waals surface area contributed by atoms with Crippen LogP contribution in [0.1, 0.15) is 305 Å². The molecule has 0 rings (SSSR count). The molecule has 0 aromatic carbocycles. The van der Waals surface area contributed by atoms with E-state index in [1.165, 1.54) is 103 Å². The molecule has 0 aliphatic rings. The maximum atomic E-state index is 13.0. The summed E-state index contributed by atoms with van der Waals surface area (Å²) < 4.78 is 67.9. The summed E-state index contributed by atoms with van der Waals surface area (Å²) in [5.41, 5.74) is 0. The predicted octanol–water partition coefficient (Wildman–Crippen LogP) is 17.1. The number of esters is 4. The van der Waals surface area contributed by atoms with Gasteiger partial charge in [-0.1, -0.05) is 254 Å². The minimum absolute atomic E-state index is 0.103. The lowest BCUT2D eigenvalue weighted by Gasteiger charge is -2.21. The number of hydrogen-bond donors (Lipinski definition) is 3. The van der Waals surface area contributed by atoms with E-state index in [0.717, 1.165) is 115 Å². The molecule has 0 saturated carbocycles. The van der Waals surface area contributed by atoms with Gasteiger partial charge in [-0.05, 0) is 43.4 Å². The Kier molecular flexibility index (Phi) is 53.2. The Morgan fingerprint density at radius 1 is 0.329 bits per heavy atom. The second kappa shape index (κ2) is 54.5. The molecule has 0 amide bonds. The maximum Gasteiger partial charge on any atom is 0.472 e. The van der Waals surface area contributed by atoms with E-state index in [1.807, 2.05) is 0 Å². The fourth-order valence-corrected chi connectivity index (χ4v) is 10.9. The van der Waals surface area contributed by atoms with Crippen molar-refractivity contribution in [1.82, 2.24) is 0 Å². The first kappa shape index (κ1) is 80.1. The molecule has 0 radical (unpaired) electrons. The molecule has 19 heteroatoms. The molecule has 17 nitrogen and oxygen atoms in total. The molecule has 0 bridgehead atoms. The predicted molar refractivity (Wildman–Crippen MR) is 326 cm³/mol. The van der Waals surface area contributed by atoms with Crippen molar-refractivity contribution >= 4 is 39.5 Å². The summed E-state index contributed by atoms with van der Waals surface area (Å²) in [6.07, 6.45) is 35.0. The van der Waals surface area contributed by atoms with Crippen molar-refractivity contribution in [2.75, 3.05) is 39.6 Å². The summed E-state index contributed by atoms with van der Waals surface area (Å²) in [5, 5.41) is 10.5. The van der Waals surface area contributed by atoms with Crippen LogP contribution in [0, 0.1) is 17.8 Å². The number of aliphatic hydroxyl groups excluding tert-OH is 1. The minimum Gasteiger partial charge on any atom is -0.462 e. The third kappa shape index (κ3) is 57.2. The molecule has 0 heterocycles. The Hall–Kier alpha value is -1.94. The first-order chi connectivity index (χ1) is 39.2. The van der Waals surface area contributed by atoms with Crippen molar-refractivity contribution in [2.45, 2.75) is 324 Å². The number of ether oxygens (including phenoxy) is 4. The van der Waals surface area contributed by atoms with Gasteiger partial charge in [-0.3, -0.25) is 37.3 Å². The lowest BCUT2D eigenvalue weighted by Crippen LogP contribution is -2.30. The van der Waals surface area contributed by atoms with E-state index in [1.54, 1.807) is 0 Å². The van der Waals surface area contributed by atoms with Crippen molar-refractivity contribution in [2.24, 2.45) is 17.8 Å². The molecule has 0 aromatic heterocycles. The van der Waals surface area contributed by atoms with Crippen molar-refractivity contribution in [3.63, 3.8) is 0 Å². The van der Waals surface area contributed by atoms with Gasteiger partial charge in [0.05, 0.1) is 26.4 Å². The molecule has 486 valence electrons. The van der Waals surface area contributed by atoms with E-state index < -0.39 is 97.5 Å². The number of aliphatic hydroxyl groups is 1. The zero-order valence-corrected chi connectivity index (χ0v) is 54.7. The fourth-order valence-electron chi connectivity index (χ4n) is 9.30. The van der Waals surface area contributed by atoms with Crippen LogP contribution in [0.15, 0.2) is 0 Å². The van der Waals surface area contributed by atoms with E-state index in [9.17, 15) is 43.2 Å². The summed E-state index contributed by atoms with van der Waals surface area (Å²) >= 11 is 0. The van der Waals surface area contributed by atoms with Gasteiger partial charge >= 0.3 is 39.5 Å². The summed E-state index contributed by atoms with van der Waals surface area (Å²) in [6.45, 7) is 11.7. The smallest absolute Gasteiger partial charge is 0.462 e. The van der Waals surface area contributed by atoms with Gasteiger partial charge < -0.3 is 33.8 Å². The molecule has 0 aromatic rings. The standard InChI is InChI=1S/C63H122O17P2/c1-8-9-10-11-20-30-37-44-60(65)73-50-58(80-63(68)47-40-33-26-19-23-29-36-43-56(6)7)52-77-81(69,70)75-48-57(64)49-76-82(71,72)78-53-59(51-74-61(66)45-38-31-24-18-14-16-22-28-35-42-55(4)5)79-62(67)46-39-32-25-17-13-12-15-21-27-34-41-54(2)3/h54-59,64H,8-53H2,1-7H3,(H,69,70)(H,71,72)/t57-,58+,59+/m0/s1. The highest BCUT2D eigenvalue weighted by Gasteiger charge is 2.30. The van der Waals surface area contributed by atoms with Crippen LogP contribution in [0.3, 0.4) is 0 Å². The normalized spacial score (nSPS) is 14.4. The number of carbonyl (C=O) groups is 4. The van der Waals surface area contributed by atoms with Gasteiger partial charge in [0.25, 0.3) is 0 Å². The molecular formula is C63H122O17P2. The highest BCUT2D eigenvalue weighted by molar-refractivity contribution is 7.47. The number of carbonyl (C=O) groups excluding carboxylic acids is 4. The van der Waals surface area contributed by atoms with E-state index in [4.69, 9.17) is 37.0 Å². The van der Waals surface area contributed by atoms with Crippen molar-refractivity contribution < 1.29 is 80.2 Å². The van der Waals surface area contributed by atoms with Crippen LogP contribution in [0.5, 0.6) is 0 Å². The lowest BCUT2D eigenvalue weighted by atomic mass is 10.0. The van der Waals surface area contributed by atoms with Crippen LogP contribution >= 0.6 is 15.6 Å². The molecule has 0 fully saturated rings. The average molecular weight is 1210 g/mol. The van der Waals surface area contributed by atoms with Gasteiger partial charge in [0.1, 0.15) is 19.3 Å². The Labute approximate surface area is 498 Å². The SMILES string of the molecule is CCCCCCCCCC(=O)OC[C@H](COP(=O)(O)OC[C@H](O)COP(=O)(O)OC[C@@H](COC(=O)CCCCCCCCCCCC(C)C)OC(=O)CCCCCCCCCCCCC(C)C)OC(=O)CCCCCCCCCC(C)C. The first-order valence-electron chi connectivity index (χ1n) is 32.8. The van der Waals surface area contributed by atoms with Crippen LogP contribution in [0.4, 0.5) is 0 Å². The molecule has 5 atom stereocenters. The van der Waals surface area contributed by atoms with Gasteiger partial charge in [-0.2, -0.15) is 0 Å². The number of hydrogen-bond acceptors (Lipinski definition) is 15. The van der Waals surface area contributed by atoms with Crippen LogP contribution in [-0.4, -0.2) is 96.7 Å². The van der Waals surface area contributed by atoms with Crippen molar-refractivity contribution in [3.8, 4) is 0 Å². The third-order valence-corrected chi connectivity index (χ3v) is 16.3. The third-order valence-electron chi connectivity index (χ3n) is 14.4. The molecule has 3 N–H and O–H groups in total. The quantitative estimate of drug-likeness (QED) is 0.0222. The van der Waals surface area contributed by atoms with Gasteiger partial charge in [0.15, 0.2) is 12.2 Å². The summed E-state index contributed by atoms with van der Waals surface area (Å²) in [6, 6.07) is 0. The van der Waals surface area contributed by atoms with Gasteiger partial charge in [-0.15, -0.1) is 0 Å². The second-order valence-electron chi connectivity index (χ2n) is 24.2. The Morgan fingerprint density at radius 2 is 0.561 bits per heavy atom. The van der Waals surface area contributed by atoms with E-state index in [0.29, 0.717) is 31.6 Å². The summed E-state index contributed by atoms with van der Waals surface area (Å²) in [7, 11) is -9.88. The molecule has 0 spiro atoms. The number of phosphoric acid groups is 2. The van der Waals surface area contributed by atoms with Crippen LogP contribution in [0.25, 0.3) is 0 Å². The Bertz CT molecular complexity index is 1630. The molecule has 82 heavy (non-hydrogen) atoms. The fraction of sp³-hybridized carbons (Fsp3) is 0.937. The monoisotopic (exact) mass is 1210 g/mol. The van der Waals surface area contributed by atoms with Crippen molar-refractivity contribution in [1.29, 1.82) is 0 Å². The zero-order chi connectivity index (χ0) is 61.0. The van der Waals surface area contributed by atoms with Crippen molar-refractivity contribution in [3.05, 3.63) is 0 Å². The minimum atomic E-state index is -4.94. The highest BCUT2D eigenvalue weighted by atomic mass is 31.2. The molecule has 2 unspecified atom stereocenters. The number of rotatable bonds is 61. The first-order valence-corrected chi connectivity index (χ1v) is 35.8. The second-order valence-corrected chi connectivity index (χ2v) is 27.1. The highest BCUT2D eigenvalue weighted by Crippen LogP contribution is 2.45. The number of unbranched alkanes of at least 4 members (excludes halogenated alkanes) is 29. The van der Waals surface area contributed by atoms with Gasteiger partial charge in [-0.25, -0.2) is 9.13 Å². The molecular weight excluding hydrogens is 1090 g/mol. The summed E-state index contributed by atoms with van der Waals surface area (Å²) in [4.78, 5) is 72.1. The van der Waals surface area contributed by atoms with E-state index in [-0.39, 0.29) is 25.7 Å². The lowest BCUT2D eigenvalue weighted by molar-refractivity contribution is -0.161. The maximum absolute atomic E-state index is 13.0. The summed E-state index contributed by atoms with van der Waals surface area (Å²) in [5.74, 6) is 0.0488. The molecule has 0 aliphatic carbocycles. The van der Waals surface area contributed by atoms with Gasteiger partial charge in [0.2, 0.25) is 0 Å². The van der Waals surface area contributed by atoms with Crippen LogP contribution in [-0.2, 0) is 65.4 Å². The Balaban J connectivity index is 5.23. The molecule has 0 aliphatic heterocycles. The average Bonchev–Trinajstić information content (AvgIpc) is 3.42. The Morgan fingerprint density at radius 3 is 0.829 bits per heavy atom. The zero-order valence-electron chi connectivity index (χ0n) is 52.9. The van der Waals surface area contributed by atoms with Crippen LogP contribution < -0.4 is 0 Å². The van der Waals surface area contributed by atoms with Crippen LogP contribution in [0.2, 0.25) is 0 Å². The van der Waals surface area contributed by atoms with E-state index >= 15 is 0 Å². The molecule has 0 saturated heterocycles.